The van der Waals surface area contributed by atoms with Crippen LogP contribution >= 0.6 is 0 Å². The van der Waals surface area contributed by atoms with Crippen molar-refractivity contribution in [3.05, 3.63) is 23.3 Å². The molecule has 2 saturated heterocycles. The highest BCUT2D eigenvalue weighted by atomic mass is 16.5. The molecular formula is C18H27N5O2. The Hall–Kier alpha value is -1.57. The monoisotopic (exact) mass is 345 g/mol. The summed E-state index contributed by atoms with van der Waals surface area (Å²) in [5.74, 6) is 1.02. The molecule has 1 amide bonds. The van der Waals surface area contributed by atoms with Crippen LogP contribution in [-0.2, 0) is 22.5 Å². The Kier molecular flexibility index (Phi) is 4.96. The van der Waals surface area contributed by atoms with E-state index in [2.05, 4.69) is 15.2 Å². The van der Waals surface area contributed by atoms with E-state index in [0.29, 0.717) is 13.2 Å². The van der Waals surface area contributed by atoms with Crippen LogP contribution in [0.15, 0.2) is 6.20 Å². The number of aromatic nitrogens is 2. The van der Waals surface area contributed by atoms with E-state index < -0.39 is 0 Å². The Morgan fingerprint density at radius 2 is 2.20 bits per heavy atom. The largest absolute Gasteiger partial charge is 0.379 e. The molecule has 3 aliphatic heterocycles. The van der Waals surface area contributed by atoms with Crippen molar-refractivity contribution in [3.63, 3.8) is 0 Å². The molecule has 3 aliphatic rings. The van der Waals surface area contributed by atoms with Gasteiger partial charge in [0.25, 0.3) is 0 Å². The smallest absolute Gasteiger partial charge is 0.240 e. The lowest BCUT2D eigenvalue weighted by Gasteiger charge is -2.35. The van der Waals surface area contributed by atoms with Crippen molar-refractivity contribution >= 4 is 5.91 Å². The minimum Gasteiger partial charge on any atom is -0.379 e. The maximum atomic E-state index is 13.1. The molecule has 2 fully saturated rings. The van der Waals surface area contributed by atoms with Gasteiger partial charge in [-0.15, -0.1) is 0 Å². The van der Waals surface area contributed by atoms with Gasteiger partial charge in [0.05, 0.1) is 25.3 Å². The van der Waals surface area contributed by atoms with Crippen LogP contribution in [0.1, 0.15) is 42.9 Å². The van der Waals surface area contributed by atoms with Gasteiger partial charge in [0, 0.05) is 56.6 Å². The fourth-order valence-electron chi connectivity index (χ4n) is 4.07. The van der Waals surface area contributed by atoms with E-state index in [1.165, 1.54) is 5.56 Å². The average Bonchev–Trinajstić information content (AvgIpc) is 3.17. The molecule has 7 nitrogen and oxygen atoms in total. The number of morpholine rings is 1. The average molecular weight is 345 g/mol. The molecule has 0 aromatic carbocycles. The van der Waals surface area contributed by atoms with Crippen LogP contribution < -0.4 is 5.32 Å². The first-order valence-corrected chi connectivity index (χ1v) is 9.42. The molecule has 25 heavy (non-hydrogen) atoms. The summed E-state index contributed by atoms with van der Waals surface area (Å²) >= 11 is 0. The highest BCUT2D eigenvalue weighted by Gasteiger charge is 2.36. The molecule has 7 heteroatoms. The van der Waals surface area contributed by atoms with Gasteiger partial charge < -0.3 is 15.0 Å². The third-order valence-corrected chi connectivity index (χ3v) is 5.61. The molecule has 4 rings (SSSR count). The number of hydrogen-bond acceptors (Lipinski definition) is 6. The van der Waals surface area contributed by atoms with Crippen LogP contribution in [0, 0.1) is 0 Å². The Morgan fingerprint density at radius 1 is 1.36 bits per heavy atom. The third kappa shape index (κ3) is 3.41. The first-order valence-electron chi connectivity index (χ1n) is 9.42. The van der Waals surface area contributed by atoms with E-state index in [0.717, 1.165) is 63.5 Å². The highest BCUT2D eigenvalue weighted by Crippen LogP contribution is 2.31. The molecule has 0 unspecified atom stereocenters. The summed E-state index contributed by atoms with van der Waals surface area (Å²) in [5, 5.41) is 3.35. The maximum absolute atomic E-state index is 13.1. The zero-order valence-electron chi connectivity index (χ0n) is 14.9. The summed E-state index contributed by atoms with van der Waals surface area (Å²) in [6.45, 7) is 7.71. The lowest BCUT2D eigenvalue weighted by molar-refractivity contribution is -0.139. The number of nitrogens with zero attached hydrogens (tertiary/aromatic N) is 4. The second-order valence-corrected chi connectivity index (χ2v) is 7.14. The predicted molar refractivity (Wildman–Crippen MR) is 93.0 cm³/mol. The minimum atomic E-state index is -0.105. The van der Waals surface area contributed by atoms with Crippen molar-refractivity contribution in [1.29, 1.82) is 0 Å². The van der Waals surface area contributed by atoms with E-state index >= 15 is 0 Å². The summed E-state index contributed by atoms with van der Waals surface area (Å²) in [6, 6.07) is -0.0810. The normalized spacial score (nSPS) is 25.6. The van der Waals surface area contributed by atoms with Gasteiger partial charge in [-0.25, -0.2) is 9.97 Å². The van der Waals surface area contributed by atoms with Crippen LogP contribution in [0.5, 0.6) is 0 Å². The number of rotatable bonds is 3. The number of amides is 1. The molecule has 0 spiro atoms. The Labute approximate surface area is 148 Å². The van der Waals surface area contributed by atoms with Crippen LogP contribution in [0.2, 0.25) is 0 Å². The van der Waals surface area contributed by atoms with E-state index in [9.17, 15) is 4.79 Å². The second kappa shape index (κ2) is 7.35. The van der Waals surface area contributed by atoms with E-state index in [-0.39, 0.29) is 18.0 Å². The minimum absolute atomic E-state index is 0.0242. The van der Waals surface area contributed by atoms with Crippen molar-refractivity contribution < 1.29 is 9.53 Å². The topological polar surface area (TPSA) is 70.6 Å². The number of hydrogen-bond donors (Lipinski definition) is 1. The molecule has 0 aliphatic carbocycles. The molecule has 0 saturated carbocycles. The lowest BCUT2D eigenvalue weighted by atomic mass is 10.1. The van der Waals surface area contributed by atoms with Crippen LogP contribution in [-0.4, -0.2) is 71.1 Å². The summed E-state index contributed by atoms with van der Waals surface area (Å²) in [4.78, 5) is 26.7. The maximum Gasteiger partial charge on any atom is 0.240 e. The predicted octanol–water partition coefficient (Wildman–Crippen LogP) is 0.507. The van der Waals surface area contributed by atoms with Gasteiger partial charge in [-0.1, -0.05) is 0 Å². The number of likely N-dealkylation sites (tertiary alicyclic amines) is 1. The summed E-state index contributed by atoms with van der Waals surface area (Å²) in [5.41, 5.74) is 2.33. The van der Waals surface area contributed by atoms with Gasteiger partial charge in [0.15, 0.2) is 5.82 Å². The molecule has 0 radical (unpaired) electrons. The third-order valence-electron chi connectivity index (χ3n) is 5.61. The van der Waals surface area contributed by atoms with E-state index in [1.807, 2.05) is 18.0 Å². The van der Waals surface area contributed by atoms with Crippen molar-refractivity contribution in [2.24, 2.45) is 0 Å². The van der Waals surface area contributed by atoms with Crippen LogP contribution in [0.3, 0.4) is 0 Å². The Morgan fingerprint density at radius 3 is 3.04 bits per heavy atom. The summed E-state index contributed by atoms with van der Waals surface area (Å²) in [7, 11) is 0. The molecule has 4 heterocycles. The van der Waals surface area contributed by atoms with Gasteiger partial charge in [-0.05, 0) is 19.8 Å². The van der Waals surface area contributed by atoms with Crippen LogP contribution in [0.4, 0.5) is 0 Å². The van der Waals surface area contributed by atoms with Gasteiger partial charge in [-0.2, -0.15) is 0 Å². The van der Waals surface area contributed by atoms with Gasteiger partial charge >= 0.3 is 0 Å². The van der Waals surface area contributed by atoms with Gasteiger partial charge in [-0.3, -0.25) is 9.69 Å². The molecule has 1 aromatic rings. The molecule has 1 aromatic heterocycles. The standard InChI is InChI=1S/C18H27N5O2/c1-13(22-7-9-25-10-8-22)18(24)23-6-2-3-16(23)17-20-12-14-11-19-5-4-15(14)21-17/h12-13,16,19H,2-11H2,1H3/t13-,16-/m1/s1. The number of nitrogens with one attached hydrogen (secondary N) is 1. The van der Waals surface area contributed by atoms with Crippen molar-refractivity contribution in [2.45, 2.75) is 44.8 Å². The first-order chi connectivity index (χ1) is 12.2. The van der Waals surface area contributed by atoms with Crippen molar-refractivity contribution in [3.8, 4) is 0 Å². The molecule has 2 atom stereocenters. The lowest BCUT2D eigenvalue weighted by Crippen LogP contribution is -2.50. The fourth-order valence-corrected chi connectivity index (χ4v) is 4.07. The zero-order valence-corrected chi connectivity index (χ0v) is 14.9. The van der Waals surface area contributed by atoms with E-state index in [1.54, 1.807) is 0 Å². The number of ether oxygens (including phenoxy) is 1. The molecule has 0 bridgehead atoms. The number of carbonyl (C=O) groups excluding carboxylic acids is 1. The molecule has 136 valence electrons. The second-order valence-electron chi connectivity index (χ2n) is 7.14. The number of fused-ring (bicyclic) bond motifs is 1. The molecular weight excluding hydrogens is 318 g/mol. The van der Waals surface area contributed by atoms with Crippen molar-refractivity contribution in [1.82, 2.24) is 25.1 Å². The Bertz CT molecular complexity index is 632. The zero-order chi connectivity index (χ0) is 17.2. The summed E-state index contributed by atoms with van der Waals surface area (Å²) < 4.78 is 5.41. The molecule has 1 N–H and O–H groups in total. The quantitative estimate of drug-likeness (QED) is 0.861. The van der Waals surface area contributed by atoms with Gasteiger partial charge in [0.2, 0.25) is 5.91 Å². The number of carbonyl (C=O) groups is 1. The first kappa shape index (κ1) is 16.9. The summed E-state index contributed by atoms with van der Waals surface area (Å²) in [6.07, 6.45) is 4.86. The van der Waals surface area contributed by atoms with Gasteiger partial charge in [0.1, 0.15) is 0 Å². The van der Waals surface area contributed by atoms with Crippen LogP contribution in [0.25, 0.3) is 0 Å². The highest BCUT2D eigenvalue weighted by molar-refractivity contribution is 5.82. The van der Waals surface area contributed by atoms with E-state index in [4.69, 9.17) is 9.72 Å². The van der Waals surface area contributed by atoms with Crippen molar-refractivity contribution in [2.75, 3.05) is 39.4 Å². The SMILES string of the molecule is C[C@H](C(=O)N1CCC[C@@H]1c1ncc2c(n1)CCNC2)N1CCOCC1. The fraction of sp³-hybridized carbons (Fsp3) is 0.722. The Balaban J connectivity index is 1.50.